The van der Waals surface area contributed by atoms with E-state index < -0.39 is 0 Å². The number of Topliss-reactive ketones (excluding diaryl/α,β-unsaturated/α-hetero) is 1. The van der Waals surface area contributed by atoms with Crippen LogP contribution in [0.4, 0.5) is 0 Å². The first-order valence-electron chi connectivity index (χ1n) is 6.84. The number of pyridine rings is 1. The van der Waals surface area contributed by atoms with Crippen molar-refractivity contribution in [3.63, 3.8) is 0 Å². The molecule has 19 heavy (non-hydrogen) atoms. The van der Waals surface area contributed by atoms with Crippen molar-refractivity contribution in [2.24, 2.45) is 5.41 Å². The largest absolute Gasteiger partial charge is 0.292 e. The average molecular weight is 255 g/mol. The van der Waals surface area contributed by atoms with Gasteiger partial charge in [-0.05, 0) is 29.7 Å². The van der Waals surface area contributed by atoms with Crippen molar-refractivity contribution in [3.05, 3.63) is 42.2 Å². The number of ketones is 1. The van der Waals surface area contributed by atoms with Crippen LogP contribution in [0.5, 0.6) is 0 Å². The van der Waals surface area contributed by atoms with Gasteiger partial charge in [0.2, 0.25) is 0 Å². The fourth-order valence-electron chi connectivity index (χ4n) is 2.24. The normalized spacial score (nSPS) is 11.7. The molecule has 1 aromatic heterocycles. The monoisotopic (exact) mass is 255 g/mol. The molecule has 100 valence electrons. The van der Waals surface area contributed by atoms with Gasteiger partial charge in [-0.3, -0.25) is 9.78 Å². The quantitative estimate of drug-likeness (QED) is 0.745. The molecule has 2 nitrogen and oxygen atoms in total. The molecule has 2 aromatic rings. The molecule has 0 spiro atoms. The summed E-state index contributed by atoms with van der Waals surface area (Å²) >= 11 is 0. The summed E-state index contributed by atoms with van der Waals surface area (Å²) in [4.78, 5) is 16.6. The van der Waals surface area contributed by atoms with Gasteiger partial charge in [-0.1, -0.05) is 45.0 Å². The highest BCUT2D eigenvalue weighted by atomic mass is 16.1. The molecule has 0 saturated heterocycles. The Balaban J connectivity index is 2.14. The topological polar surface area (TPSA) is 30.0 Å². The molecule has 0 fully saturated rings. The summed E-state index contributed by atoms with van der Waals surface area (Å²) in [6.07, 6.45) is 4.29. The smallest absolute Gasteiger partial charge is 0.181 e. The molecule has 2 heteroatoms. The Labute approximate surface area is 114 Å². The second-order valence-electron chi connectivity index (χ2n) is 6.22. The molecule has 0 unspecified atom stereocenters. The Morgan fingerprint density at radius 3 is 2.63 bits per heavy atom. The van der Waals surface area contributed by atoms with E-state index in [4.69, 9.17) is 0 Å². The van der Waals surface area contributed by atoms with E-state index in [0.29, 0.717) is 12.1 Å². The van der Waals surface area contributed by atoms with Crippen LogP contribution in [-0.4, -0.2) is 10.8 Å². The van der Waals surface area contributed by atoms with Crippen LogP contribution < -0.4 is 0 Å². The molecular weight excluding hydrogens is 234 g/mol. The number of carbonyl (C=O) groups excluding carboxylic acids is 1. The number of fused-ring (bicyclic) bond motifs is 1. The standard InChI is InChI=1S/C17H21NO/c1-17(2,3)11-6-9-15(19)16-14-8-5-4-7-13(14)10-12-18-16/h4-5,7-8,10,12H,6,9,11H2,1-3H3. The summed E-state index contributed by atoms with van der Waals surface area (Å²) in [5.41, 5.74) is 0.902. The van der Waals surface area contributed by atoms with E-state index in [1.807, 2.05) is 30.3 Å². The van der Waals surface area contributed by atoms with Gasteiger partial charge in [-0.25, -0.2) is 0 Å². The third kappa shape index (κ3) is 3.63. The van der Waals surface area contributed by atoms with Gasteiger partial charge in [0.05, 0.1) is 0 Å². The maximum absolute atomic E-state index is 12.3. The minimum absolute atomic E-state index is 0.154. The number of carbonyl (C=O) groups is 1. The Morgan fingerprint density at radius 1 is 1.16 bits per heavy atom. The van der Waals surface area contributed by atoms with Crippen molar-refractivity contribution < 1.29 is 4.79 Å². The average Bonchev–Trinajstić information content (AvgIpc) is 2.36. The van der Waals surface area contributed by atoms with Crippen molar-refractivity contribution in [3.8, 4) is 0 Å². The van der Waals surface area contributed by atoms with Crippen molar-refractivity contribution in [1.82, 2.24) is 4.98 Å². The number of rotatable bonds is 4. The van der Waals surface area contributed by atoms with E-state index in [-0.39, 0.29) is 11.2 Å². The van der Waals surface area contributed by atoms with Gasteiger partial charge in [0.25, 0.3) is 0 Å². The predicted molar refractivity (Wildman–Crippen MR) is 79.4 cm³/mol. The second-order valence-corrected chi connectivity index (χ2v) is 6.22. The van der Waals surface area contributed by atoms with Crippen molar-refractivity contribution >= 4 is 16.6 Å². The molecular formula is C17H21NO. The van der Waals surface area contributed by atoms with E-state index in [9.17, 15) is 4.79 Å². The van der Waals surface area contributed by atoms with Crippen LogP contribution in [0.25, 0.3) is 10.8 Å². The third-order valence-corrected chi connectivity index (χ3v) is 3.27. The zero-order valence-corrected chi connectivity index (χ0v) is 11.9. The first-order valence-corrected chi connectivity index (χ1v) is 6.84. The van der Waals surface area contributed by atoms with Gasteiger partial charge in [-0.2, -0.15) is 0 Å². The van der Waals surface area contributed by atoms with Crippen LogP contribution in [-0.2, 0) is 0 Å². The van der Waals surface area contributed by atoms with E-state index in [1.165, 1.54) is 0 Å². The molecule has 0 aliphatic carbocycles. The number of hydrogen-bond donors (Lipinski definition) is 0. The fraction of sp³-hybridized carbons (Fsp3) is 0.412. The Morgan fingerprint density at radius 2 is 1.89 bits per heavy atom. The first-order chi connectivity index (χ1) is 8.97. The molecule has 0 atom stereocenters. The summed E-state index contributed by atoms with van der Waals surface area (Å²) in [5.74, 6) is 0.154. The van der Waals surface area contributed by atoms with Crippen LogP contribution >= 0.6 is 0 Å². The van der Waals surface area contributed by atoms with E-state index in [1.54, 1.807) is 6.20 Å². The van der Waals surface area contributed by atoms with Crippen LogP contribution in [0.1, 0.15) is 50.5 Å². The van der Waals surface area contributed by atoms with Crippen molar-refractivity contribution in [2.75, 3.05) is 0 Å². The van der Waals surface area contributed by atoms with Crippen molar-refractivity contribution in [1.29, 1.82) is 0 Å². The minimum atomic E-state index is 0.154. The molecule has 0 aliphatic heterocycles. The van der Waals surface area contributed by atoms with Gasteiger partial charge in [0, 0.05) is 18.0 Å². The number of hydrogen-bond acceptors (Lipinski definition) is 2. The highest BCUT2D eigenvalue weighted by Crippen LogP contribution is 2.23. The SMILES string of the molecule is CC(C)(C)CCCC(=O)c1nccc2ccccc12. The fourth-order valence-corrected chi connectivity index (χ4v) is 2.24. The Kier molecular flexibility index (Phi) is 3.98. The summed E-state index contributed by atoms with van der Waals surface area (Å²) in [5, 5.41) is 2.04. The van der Waals surface area contributed by atoms with Gasteiger partial charge in [-0.15, -0.1) is 0 Å². The molecule has 0 saturated carbocycles. The van der Waals surface area contributed by atoms with Gasteiger partial charge in [0.1, 0.15) is 5.69 Å². The molecule has 0 amide bonds. The lowest BCUT2D eigenvalue weighted by molar-refractivity contribution is 0.0973. The summed E-state index contributed by atoms with van der Waals surface area (Å²) in [6.45, 7) is 6.61. The minimum Gasteiger partial charge on any atom is -0.292 e. The lowest BCUT2D eigenvalue weighted by atomic mass is 9.89. The van der Waals surface area contributed by atoms with E-state index in [0.717, 1.165) is 23.6 Å². The zero-order valence-electron chi connectivity index (χ0n) is 11.9. The maximum atomic E-state index is 12.3. The highest BCUT2D eigenvalue weighted by molar-refractivity contribution is 6.06. The molecule has 1 heterocycles. The zero-order chi connectivity index (χ0) is 13.9. The predicted octanol–water partition coefficient (Wildman–Crippen LogP) is 4.63. The van der Waals surface area contributed by atoms with Crippen LogP contribution in [0.3, 0.4) is 0 Å². The maximum Gasteiger partial charge on any atom is 0.181 e. The Hall–Kier alpha value is -1.70. The second kappa shape index (κ2) is 5.52. The molecule has 2 rings (SSSR count). The van der Waals surface area contributed by atoms with Crippen LogP contribution in [0.2, 0.25) is 0 Å². The highest BCUT2D eigenvalue weighted by Gasteiger charge is 2.14. The molecule has 0 bridgehead atoms. The molecule has 0 radical (unpaired) electrons. The third-order valence-electron chi connectivity index (χ3n) is 3.27. The van der Waals surface area contributed by atoms with Gasteiger partial charge < -0.3 is 0 Å². The first kappa shape index (κ1) is 13.7. The molecule has 0 N–H and O–H groups in total. The van der Waals surface area contributed by atoms with Crippen LogP contribution in [0, 0.1) is 5.41 Å². The summed E-state index contributed by atoms with van der Waals surface area (Å²) in [6, 6.07) is 9.87. The van der Waals surface area contributed by atoms with E-state index in [2.05, 4.69) is 25.8 Å². The van der Waals surface area contributed by atoms with Crippen molar-refractivity contribution in [2.45, 2.75) is 40.0 Å². The van der Waals surface area contributed by atoms with E-state index >= 15 is 0 Å². The molecule has 0 aliphatic rings. The number of nitrogens with zero attached hydrogens (tertiary/aromatic N) is 1. The van der Waals surface area contributed by atoms with Gasteiger partial charge >= 0.3 is 0 Å². The number of aromatic nitrogens is 1. The molecule has 1 aromatic carbocycles. The van der Waals surface area contributed by atoms with Crippen LogP contribution in [0.15, 0.2) is 36.5 Å². The Bertz CT molecular complexity index is 576. The lowest BCUT2D eigenvalue weighted by Gasteiger charge is -2.17. The summed E-state index contributed by atoms with van der Waals surface area (Å²) in [7, 11) is 0. The lowest BCUT2D eigenvalue weighted by Crippen LogP contribution is -2.08. The number of benzene rings is 1. The van der Waals surface area contributed by atoms with Gasteiger partial charge in [0.15, 0.2) is 5.78 Å². The summed E-state index contributed by atoms with van der Waals surface area (Å²) < 4.78 is 0.